The molecule has 144 valence electrons. The lowest BCUT2D eigenvalue weighted by Crippen LogP contribution is -2.31. The van der Waals surface area contributed by atoms with Crippen molar-refractivity contribution in [2.45, 2.75) is 13.0 Å². The first kappa shape index (κ1) is 19.8. The molecule has 0 fully saturated rings. The van der Waals surface area contributed by atoms with Crippen LogP contribution in [0.15, 0.2) is 72.8 Å². The minimum Gasteiger partial charge on any atom is -0.452 e. The number of benzene rings is 3. The van der Waals surface area contributed by atoms with E-state index in [1.165, 1.54) is 6.08 Å². The Morgan fingerprint density at radius 2 is 1.79 bits per heavy atom. The SMILES string of the molecule is C[C@H](NC(=O)COC(=O)/C=C/c1ccc(C#N)cc1)c1cccc2ccccc12. The molecule has 0 aliphatic rings. The number of nitrogens with zero attached hydrogens (tertiary/aromatic N) is 1. The fourth-order valence-electron chi connectivity index (χ4n) is 3.01. The summed E-state index contributed by atoms with van der Waals surface area (Å²) in [6.45, 7) is 1.54. The number of esters is 1. The summed E-state index contributed by atoms with van der Waals surface area (Å²) >= 11 is 0. The van der Waals surface area contributed by atoms with E-state index in [4.69, 9.17) is 10.00 Å². The third kappa shape index (κ3) is 5.30. The lowest BCUT2D eigenvalue weighted by Gasteiger charge is -2.16. The van der Waals surface area contributed by atoms with E-state index < -0.39 is 5.97 Å². The molecule has 3 aromatic carbocycles. The van der Waals surface area contributed by atoms with Crippen LogP contribution in [0.5, 0.6) is 0 Å². The predicted molar refractivity (Wildman–Crippen MR) is 112 cm³/mol. The molecule has 5 heteroatoms. The third-order valence-electron chi connectivity index (χ3n) is 4.46. The summed E-state index contributed by atoms with van der Waals surface area (Å²) in [6, 6.07) is 22.5. The van der Waals surface area contributed by atoms with Crippen LogP contribution in [0.25, 0.3) is 16.8 Å². The standard InChI is InChI=1S/C24H20N2O3/c1-17(21-8-4-6-20-5-2-3-7-22(20)21)26-23(27)16-29-24(28)14-13-18-9-11-19(15-25)12-10-18/h2-14,17H,16H2,1H3,(H,26,27)/b14-13+/t17-/m0/s1. The molecule has 0 spiro atoms. The number of hydrogen-bond donors (Lipinski definition) is 1. The molecule has 0 bridgehead atoms. The largest absolute Gasteiger partial charge is 0.452 e. The van der Waals surface area contributed by atoms with E-state index in [2.05, 4.69) is 5.32 Å². The Labute approximate surface area is 169 Å². The van der Waals surface area contributed by atoms with Crippen LogP contribution in [0.2, 0.25) is 0 Å². The Hall–Kier alpha value is -3.91. The van der Waals surface area contributed by atoms with Crippen molar-refractivity contribution in [2.24, 2.45) is 0 Å². The van der Waals surface area contributed by atoms with Crippen LogP contribution < -0.4 is 5.32 Å². The summed E-state index contributed by atoms with van der Waals surface area (Å²) in [5.74, 6) is -0.979. The molecule has 0 heterocycles. The first-order chi connectivity index (χ1) is 14.1. The lowest BCUT2D eigenvalue weighted by molar-refractivity contribution is -0.144. The Morgan fingerprint density at radius 3 is 2.55 bits per heavy atom. The van der Waals surface area contributed by atoms with Gasteiger partial charge in [-0.2, -0.15) is 5.26 Å². The second-order valence-corrected chi connectivity index (χ2v) is 6.53. The summed E-state index contributed by atoms with van der Waals surface area (Å²) < 4.78 is 5.00. The molecule has 0 aliphatic heterocycles. The third-order valence-corrected chi connectivity index (χ3v) is 4.46. The van der Waals surface area contributed by atoms with Crippen molar-refractivity contribution < 1.29 is 14.3 Å². The van der Waals surface area contributed by atoms with Crippen LogP contribution in [0.3, 0.4) is 0 Å². The van der Waals surface area contributed by atoms with Gasteiger partial charge in [0.25, 0.3) is 5.91 Å². The lowest BCUT2D eigenvalue weighted by atomic mass is 10.00. The second kappa shape index (κ2) is 9.34. The maximum absolute atomic E-state index is 12.2. The molecule has 3 aromatic rings. The van der Waals surface area contributed by atoms with Gasteiger partial charge < -0.3 is 10.1 Å². The first-order valence-corrected chi connectivity index (χ1v) is 9.19. The number of fused-ring (bicyclic) bond motifs is 1. The quantitative estimate of drug-likeness (QED) is 0.512. The van der Waals surface area contributed by atoms with Crippen LogP contribution in [0.4, 0.5) is 0 Å². The maximum Gasteiger partial charge on any atom is 0.331 e. The smallest absolute Gasteiger partial charge is 0.331 e. The number of nitrogens with one attached hydrogen (secondary N) is 1. The average Bonchev–Trinajstić information content (AvgIpc) is 2.76. The molecule has 0 radical (unpaired) electrons. The Morgan fingerprint density at radius 1 is 1.07 bits per heavy atom. The number of amides is 1. The first-order valence-electron chi connectivity index (χ1n) is 9.19. The van der Waals surface area contributed by atoms with E-state index in [0.29, 0.717) is 5.56 Å². The van der Waals surface area contributed by atoms with Crippen molar-refractivity contribution in [3.63, 3.8) is 0 Å². The number of carbonyl (C=O) groups excluding carboxylic acids is 2. The van der Waals surface area contributed by atoms with Gasteiger partial charge >= 0.3 is 5.97 Å². The van der Waals surface area contributed by atoms with Crippen LogP contribution in [-0.4, -0.2) is 18.5 Å². The van der Waals surface area contributed by atoms with Crippen molar-refractivity contribution in [1.82, 2.24) is 5.32 Å². The fraction of sp³-hybridized carbons (Fsp3) is 0.125. The van der Waals surface area contributed by atoms with Crippen LogP contribution >= 0.6 is 0 Å². The van der Waals surface area contributed by atoms with Crippen molar-refractivity contribution in [1.29, 1.82) is 5.26 Å². The zero-order chi connectivity index (χ0) is 20.6. The summed E-state index contributed by atoms with van der Waals surface area (Å²) in [4.78, 5) is 24.0. The monoisotopic (exact) mass is 384 g/mol. The van der Waals surface area contributed by atoms with Gasteiger partial charge in [0.15, 0.2) is 6.61 Å². The molecule has 0 aromatic heterocycles. The molecule has 3 rings (SSSR count). The van der Waals surface area contributed by atoms with Crippen LogP contribution in [-0.2, 0) is 14.3 Å². The van der Waals surface area contributed by atoms with Crippen molar-refractivity contribution >= 4 is 28.7 Å². The zero-order valence-corrected chi connectivity index (χ0v) is 16.0. The molecule has 0 saturated carbocycles. The van der Waals surface area contributed by atoms with Gasteiger partial charge in [0, 0.05) is 6.08 Å². The fourth-order valence-corrected chi connectivity index (χ4v) is 3.01. The van der Waals surface area contributed by atoms with Gasteiger partial charge in [0.2, 0.25) is 0 Å². The van der Waals surface area contributed by atoms with Gasteiger partial charge in [-0.1, -0.05) is 54.6 Å². The van der Waals surface area contributed by atoms with E-state index >= 15 is 0 Å². The van der Waals surface area contributed by atoms with Crippen LogP contribution in [0, 0.1) is 11.3 Å². The second-order valence-electron chi connectivity index (χ2n) is 6.53. The molecule has 0 unspecified atom stereocenters. The Bertz CT molecular complexity index is 1090. The van der Waals surface area contributed by atoms with Crippen molar-refractivity contribution in [3.8, 4) is 6.07 Å². The normalized spacial score (nSPS) is 11.7. The van der Waals surface area contributed by atoms with Gasteiger partial charge in [-0.05, 0) is 47.0 Å². The highest BCUT2D eigenvalue weighted by molar-refractivity contribution is 5.90. The minimum absolute atomic E-state index is 0.221. The molecule has 0 saturated heterocycles. The average molecular weight is 384 g/mol. The Balaban J connectivity index is 1.53. The van der Waals surface area contributed by atoms with Gasteiger partial charge in [-0.15, -0.1) is 0 Å². The predicted octanol–water partition coefficient (Wildman–Crippen LogP) is 4.15. The van der Waals surface area contributed by atoms with E-state index in [1.54, 1.807) is 30.3 Å². The molecular formula is C24H20N2O3. The number of rotatable bonds is 6. The van der Waals surface area contributed by atoms with Crippen molar-refractivity contribution in [3.05, 3.63) is 89.5 Å². The van der Waals surface area contributed by atoms with Crippen molar-refractivity contribution in [2.75, 3.05) is 6.61 Å². The number of hydrogen-bond acceptors (Lipinski definition) is 4. The van der Waals surface area contributed by atoms with Gasteiger partial charge in [-0.25, -0.2) is 4.79 Å². The number of nitriles is 1. The maximum atomic E-state index is 12.2. The highest BCUT2D eigenvalue weighted by atomic mass is 16.5. The molecule has 0 aliphatic carbocycles. The summed E-state index contributed by atoms with van der Waals surface area (Å²) in [7, 11) is 0. The van der Waals surface area contributed by atoms with Crippen LogP contribution in [0.1, 0.15) is 29.7 Å². The number of carbonyl (C=O) groups is 2. The molecular weight excluding hydrogens is 364 g/mol. The van der Waals surface area contributed by atoms with Gasteiger partial charge in [0.1, 0.15) is 0 Å². The molecule has 5 nitrogen and oxygen atoms in total. The van der Waals surface area contributed by atoms with Gasteiger partial charge in [-0.3, -0.25) is 4.79 Å². The highest BCUT2D eigenvalue weighted by Gasteiger charge is 2.13. The minimum atomic E-state index is -0.609. The van der Waals surface area contributed by atoms with E-state index in [-0.39, 0.29) is 18.6 Å². The topological polar surface area (TPSA) is 79.2 Å². The highest BCUT2D eigenvalue weighted by Crippen LogP contribution is 2.23. The zero-order valence-electron chi connectivity index (χ0n) is 16.0. The summed E-state index contributed by atoms with van der Waals surface area (Å²) in [5.41, 5.74) is 2.31. The van der Waals surface area contributed by atoms with E-state index in [9.17, 15) is 9.59 Å². The van der Waals surface area contributed by atoms with E-state index in [0.717, 1.165) is 21.9 Å². The van der Waals surface area contributed by atoms with Gasteiger partial charge in [0.05, 0.1) is 17.7 Å². The molecule has 1 atom stereocenters. The molecule has 1 N–H and O–H groups in total. The Kier molecular flexibility index (Phi) is 6.39. The summed E-state index contributed by atoms with van der Waals surface area (Å²) in [5, 5.41) is 13.8. The molecule has 1 amide bonds. The molecule has 29 heavy (non-hydrogen) atoms. The summed E-state index contributed by atoms with van der Waals surface area (Å²) in [6.07, 6.45) is 2.82. The van der Waals surface area contributed by atoms with E-state index in [1.807, 2.05) is 55.5 Å². The number of ether oxygens (including phenoxy) is 1.